The van der Waals surface area contributed by atoms with E-state index in [1.165, 1.54) is 103 Å². The van der Waals surface area contributed by atoms with Crippen LogP contribution in [0.4, 0.5) is 0 Å². The fraction of sp³-hybridized carbons (Fsp3) is 0.957. The highest BCUT2D eigenvalue weighted by Crippen LogP contribution is 2.14. The van der Waals surface area contributed by atoms with Gasteiger partial charge in [-0.3, -0.25) is 0 Å². The lowest BCUT2D eigenvalue weighted by Gasteiger charge is -2.10. The second-order valence-electron chi connectivity index (χ2n) is 7.84. The van der Waals surface area contributed by atoms with Crippen LogP contribution in [0.1, 0.15) is 130 Å². The molecule has 0 saturated heterocycles. The number of carboxylic acid groups (broad SMARTS) is 1. The van der Waals surface area contributed by atoms with Crippen LogP contribution in [-0.4, -0.2) is 33.5 Å². The number of hydrogen-bond acceptors (Lipinski definition) is 3. The van der Waals surface area contributed by atoms with E-state index in [0.29, 0.717) is 0 Å². The van der Waals surface area contributed by atoms with Crippen molar-refractivity contribution >= 4 is 5.97 Å². The number of unbranched alkanes of at least 4 members (excludes halogenated alkanes) is 13. The number of carboxylic acids is 1. The maximum Gasteiger partial charge on any atom is 0.332 e. The Hall–Kier alpha value is -0.610. The number of rotatable bonds is 18. The SMILES string of the molecule is CC(O)C(=O)O.CCCCCCCCCCCC(O)CCCCCCCC. The van der Waals surface area contributed by atoms with Gasteiger partial charge in [0.2, 0.25) is 0 Å². The predicted octanol–water partition coefficient (Wildman–Crippen LogP) is 6.47. The molecule has 0 aliphatic carbocycles. The van der Waals surface area contributed by atoms with Crippen molar-refractivity contribution in [3.8, 4) is 0 Å². The zero-order chi connectivity index (χ0) is 20.8. The van der Waals surface area contributed by atoms with Crippen LogP contribution in [0.25, 0.3) is 0 Å². The molecule has 0 aliphatic rings. The highest BCUT2D eigenvalue weighted by Gasteiger charge is 2.03. The minimum atomic E-state index is -1.23. The molecule has 0 saturated carbocycles. The standard InChI is InChI=1S/C20H42O.C3H6O3/c1-3-5-7-9-11-12-13-15-17-19-20(21)18-16-14-10-8-6-4-2;1-2(4)3(5)6/h20-21H,3-19H2,1-2H3;2,4H,1H3,(H,5,6). The molecule has 0 radical (unpaired) electrons. The highest BCUT2D eigenvalue weighted by atomic mass is 16.4. The number of aliphatic carboxylic acids is 1. The first-order valence-corrected chi connectivity index (χ1v) is 11.5. The van der Waals surface area contributed by atoms with Gasteiger partial charge in [0.15, 0.2) is 0 Å². The molecule has 0 amide bonds. The molecule has 4 nitrogen and oxygen atoms in total. The van der Waals surface area contributed by atoms with E-state index in [1.54, 1.807) is 0 Å². The van der Waals surface area contributed by atoms with Gasteiger partial charge in [0.25, 0.3) is 0 Å². The van der Waals surface area contributed by atoms with Gasteiger partial charge in [0.1, 0.15) is 6.10 Å². The summed E-state index contributed by atoms with van der Waals surface area (Å²) in [6.45, 7) is 5.73. The van der Waals surface area contributed by atoms with Gasteiger partial charge in [-0.2, -0.15) is 0 Å². The van der Waals surface area contributed by atoms with Gasteiger partial charge in [-0.25, -0.2) is 4.79 Å². The van der Waals surface area contributed by atoms with Crippen LogP contribution in [0.15, 0.2) is 0 Å². The van der Waals surface area contributed by atoms with Crippen molar-refractivity contribution in [2.24, 2.45) is 0 Å². The molecule has 27 heavy (non-hydrogen) atoms. The van der Waals surface area contributed by atoms with Crippen LogP contribution < -0.4 is 0 Å². The first kappa shape index (κ1) is 28.6. The molecule has 0 heterocycles. The molecule has 164 valence electrons. The monoisotopic (exact) mass is 388 g/mol. The minimum Gasteiger partial charge on any atom is -0.479 e. The van der Waals surface area contributed by atoms with Crippen LogP contribution >= 0.6 is 0 Å². The quantitative estimate of drug-likeness (QED) is 0.235. The molecule has 4 heteroatoms. The molecule has 0 aliphatic heterocycles. The third kappa shape index (κ3) is 27.7. The lowest BCUT2D eigenvalue weighted by molar-refractivity contribution is -0.145. The number of carbonyl (C=O) groups is 1. The summed E-state index contributed by atoms with van der Waals surface area (Å²) in [5.74, 6) is -1.19. The van der Waals surface area contributed by atoms with E-state index < -0.39 is 12.1 Å². The minimum absolute atomic E-state index is 0.0271. The Morgan fingerprint density at radius 2 is 0.889 bits per heavy atom. The van der Waals surface area contributed by atoms with E-state index in [4.69, 9.17) is 10.2 Å². The molecule has 0 fully saturated rings. The summed E-state index contributed by atoms with van der Waals surface area (Å²) in [5.41, 5.74) is 0. The molecule has 0 aromatic carbocycles. The van der Waals surface area contributed by atoms with Crippen LogP contribution in [0, 0.1) is 0 Å². The van der Waals surface area contributed by atoms with E-state index in [1.807, 2.05) is 0 Å². The zero-order valence-corrected chi connectivity index (χ0v) is 18.4. The Bertz CT molecular complexity index is 292. The normalized spacial score (nSPS) is 12.9. The largest absolute Gasteiger partial charge is 0.479 e. The molecule has 0 rings (SSSR count). The molecule has 0 bridgehead atoms. The van der Waals surface area contributed by atoms with Gasteiger partial charge >= 0.3 is 5.97 Å². The maximum atomic E-state index is 9.95. The van der Waals surface area contributed by atoms with Crippen molar-refractivity contribution in [1.82, 2.24) is 0 Å². The number of aliphatic hydroxyl groups is 2. The van der Waals surface area contributed by atoms with E-state index in [9.17, 15) is 9.90 Å². The Morgan fingerprint density at radius 3 is 1.15 bits per heavy atom. The fourth-order valence-corrected chi connectivity index (χ4v) is 3.00. The van der Waals surface area contributed by atoms with Gasteiger partial charge in [-0.1, -0.05) is 110 Å². The summed E-state index contributed by atoms with van der Waals surface area (Å²) in [7, 11) is 0. The molecular weight excluding hydrogens is 340 g/mol. The van der Waals surface area contributed by atoms with E-state index in [0.717, 1.165) is 12.8 Å². The average Bonchev–Trinajstić information content (AvgIpc) is 2.63. The van der Waals surface area contributed by atoms with E-state index in [-0.39, 0.29) is 6.10 Å². The van der Waals surface area contributed by atoms with Crippen LogP contribution in [0.5, 0.6) is 0 Å². The van der Waals surface area contributed by atoms with Crippen molar-refractivity contribution in [3.63, 3.8) is 0 Å². The van der Waals surface area contributed by atoms with Crippen molar-refractivity contribution in [3.05, 3.63) is 0 Å². The topological polar surface area (TPSA) is 77.8 Å². The van der Waals surface area contributed by atoms with E-state index in [2.05, 4.69) is 13.8 Å². The zero-order valence-electron chi connectivity index (χ0n) is 18.4. The summed E-state index contributed by atoms with van der Waals surface area (Å²) in [6.07, 6.45) is 21.1. The molecule has 2 unspecified atom stereocenters. The summed E-state index contributed by atoms with van der Waals surface area (Å²) in [5, 5.41) is 25.7. The predicted molar refractivity (Wildman–Crippen MR) is 115 cm³/mol. The molecule has 0 spiro atoms. The van der Waals surface area contributed by atoms with Gasteiger partial charge < -0.3 is 15.3 Å². The first-order chi connectivity index (χ1) is 13.0. The summed E-state index contributed by atoms with van der Waals surface area (Å²) in [6, 6.07) is 0. The molecular formula is C23H48O4. The average molecular weight is 389 g/mol. The Labute approximate surface area is 168 Å². The molecule has 2 atom stereocenters. The summed E-state index contributed by atoms with van der Waals surface area (Å²) >= 11 is 0. The Kier molecular flexibility index (Phi) is 24.8. The van der Waals surface area contributed by atoms with Crippen molar-refractivity contribution in [2.75, 3.05) is 0 Å². The van der Waals surface area contributed by atoms with Gasteiger partial charge in [0, 0.05) is 0 Å². The van der Waals surface area contributed by atoms with Crippen LogP contribution in [0.3, 0.4) is 0 Å². The smallest absolute Gasteiger partial charge is 0.332 e. The van der Waals surface area contributed by atoms with Gasteiger partial charge in [-0.15, -0.1) is 0 Å². The summed E-state index contributed by atoms with van der Waals surface area (Å²) in [4.78, 5) is 9.45. The van der Waals surface area contributed by atoms with Gasteiger partial charge in [-0.05, 0) is 19.8 Å². The van der Waals surface area contributed by atoms with Crippen LogP contribution in [0.2, 0.25) is 0 Å². The second kappa shape index (κ2) is 23.4. The van der Waals surface area contributed by atoms with Crippen molar-refractivity contribution < 1.29 is 20.1 Å². The summed E-state index contributed by atoms with van der Waals surface area (Å²) < 4.78 is 0. The first-order valence-electron chi connectivity index (χ1n) is 11.5. The molecule has 0 aromatic heterocycles. The highest BCUT2D eigenvalue weighted by molar-refractivity contribution is 5.71. The van der Waals surface area contributed by atoms with Crippen LogP contribution in [-0.2, 0) is 4.79 Å². The second-order valence-corrected chi connectivity index (χ2v) is 7.84. The van der Waals surface area contributed by atoms with Gasteiger partial charge in [0.05, 0.1) is 6.10 Å². The third-order valence-electron chi connectivity index (χ3n) is 4.89. The number of hydrogen-bond donors (Lipinski definition) is 3. The Morgan fingerprint density at radius 1 is 0.630 bits per heavy atom. The van der Waals surface area contributed by atoms with Crippen molar-refractivity contribution in [2.45, 2.75) is 142 Å². The maximum absolute atomic E-state index is 9.95. The number of aliphatic hydroxyl groups excluding tert-OH is 2. The van der Waals surface area contributed by atoms with E-state index >= 15 is 0 Å². The molecule has 0 aromatic rings. The molecule has 3 N–H and O–H groups in total. The fourth-order valence-electron chi connectivity index (χ4n) is 3.00. The van der Waals surface area contributed by atoms with Crippen molar-refractivity contribution in [1.29, 1.82) is 0 Å². The third-order valence-corrected chi connectivity index (χ3v) is 4.89. The lowest BCUT2D eigenvalue weighted by Crippen LogP contribution is -2.13. The Balaban J connectivity index is 0. The lowest BCUT2D eigenvalue weighted by atomic mass is 10.0.